The van der Waals surface area contributed by atoms with Gasteiger partial charge < -0.3 is 0 Å². The van der Waals surface area contributed by atoms with Crippen molar-refractivity contribution < 1.29 is 0 Å². The Hall–Kier alpha value is -0.580. The van der Waals surface area contributed by atoms with Gasteiger partial charge in [-0.3, -0.25) is 0 Å². The number of hydrogen-bond donors (Lipinski definition) is 0. The lowest BCUT2D eigenvalue weighted by molar-refractivity contribution is 0.803. The van der Waals surface area contributed by atoms with Gasteiger partial charge in [0.05, 0.1) is 0 Å². The molecule has 0 fully saturated rings. The van der Waals surface area contributed by atoms with Crippen LogP contribution in [0.3, 0.4) is 0 Å². The van der Waals surface area contributed by atoms with Crippen LogP contribution < -0.4 is 0 Å². The second kappa shape index (κ2) is 7.27. The molecule has 1 aromatic carbocycles. The SMILES string of the molecule is CCCc1nc(Br)cc(SCc2ccccc2Cl)n1. The van der Waals surface area contributed by atoms with Crippen molar-refractivity contribution in [1.82, 2.24) is 9.97 Å². The number of aromatic nitrogens is 2. The van der Waals surface area contributed by atoms with Crippen molar-refractivity contribution in [3.05, 3.63) is 51.3 Å². The van der Waals surface area contributed by atoms with Gasteiger partial charge >= 0.3 is 0 Å². The summed E-state index contributed by atoms with van der Waals surface area (Å²) in [5.74, 6) is 1.70. The number of hydrogen-bond acceptors (Lipinski definition) is 3. The summed E-state index contributed by atoms with van der Waals surface area (Å²) < 4.78 is 0.840. The van der Waals surface area contributed by atoms with Crippen molar-refractivity contribution in [2.24, 2.45) is 0 Å². The lowest BCUT2D eigenvalue weighted by atomic mass is 10.2. The van der Waals surface area contributed by atoms with Gasteiger partial charge in [-0.15, -0.1) is 11.8 Å². The number of thioether (sulfide) groups is 1. The summed E-state index contributed by atoms with van der Waals surface area (Å²) in [5.41, 5.74) is 1.13. The lowest BCUT2D eigenvalue weighted by Gasteiger charge is -2.06. The molecule has 0 radical (unpaired) electrons. The molecule has 0 bridgehead atoms. The number of nitrogens with zero attached hydrogens (tertiary/aromatic N) is 2. The van der Waals surface area contributed by atoms with E-state index in [-0.39, 0.29) is 0 Å². The Morgan fingerprint density at radius 3 is 2.79 bits per heavy atom. The fraction of sp³-hybridized carbons (Fsp3) is 0.286. The highest BCUT2D eigenvalue weighted by Gasteiger charge is 2.05. The number of benzene rings is 1. The minimum atomic E-state index is 0.803. The third-order valence-electron chi connectivity index (χ3n) is 2.52. The van der Waals surface area contributed by atoms with Gasteiger partial charge in [0, 0.05) is 23.3 Å². The van der Waals surface area contributed by atoms with E-state index in [1.165, 1.54) is 0 Å². The summed E-state index contributed by atoms with van der Waals surface area (Å²) >= 11 is 11.3. The molecule has 0 atom stereocenters. The van der Waals surface area contributed by atoms with E-state index in [0.717, 1.165) is 44.6 Å². The van der Waals surface area contributed by atoms with E-state index in [2.05, 4.69) is 32.8 Å². The molecule has 0 amide bonds. The molecule has 2 nitrogen and oxygen atoms in total. The van der Waals surface area contributed by atoms with Crippen molar-refractivity contribution in [3.63, 3.8) is 0 Å². The van der Waals surface area contributed by atoms with E-state index in [4.69, 9.17) is 11.6 Å². The average molecular weight is 358 g/mol. The molecule has 0 spiro atoms. The first kappa shape index (κ1) is 14.8. The predicted octanol–water partition coefficient (Wildman–Crippen LogP) is 5.14. The monoisotopic (exact) mass is 356 g/mol. The summed E-state index contributed by atoms with van der Waals surface area (Å²) in [6.45, 7) is 2.13. The zero-order valence-corrected chi connectivity index (χ0v) is 13.7. The maximum Gasteiger partial charge on any atom is 0.130 e. The zero-order valence-electron chi connectivity index (χ0n) is 10.6. The van der Waals surface area contributed by atoms with Crippen LogP contribution in [0.15, 0.2) is 40.0 Å². The van der Waals surface area contributed by atoms with Crippen LogP contribution in [0.25, 0.3) is 0 Å². The Labute approximate surface area is 131 Å². The second-order valence-corrected chi connectivity index (χ2v) is 6.29. The largest absolute Gasteiger partial charge is 0.227 e. The predicted molar refractivity (Wildman–Crippen MR) is 84.7 cm³/mol. The van der Waals surface area contributed by atoms with E-state index >= 15 is 0 Å². The number of aryl methyl sites for hydroxylation is 1. The lowest BCUT2D eigenvalue weighted by Crippen LogP contribution is -1.96. The second-order valence-electron chi connectivity index (χ2n) is 4.08. The van der Waals surface area contributed by atoms with Gasteiger partial charge in [0.15, 0.2) is 0 Å². The zero-order chi connectivity index (χ0) is 13.7. The highest BCUT2D eigenvalue weighted by Crippen LogP contribution is 2.26. The molecular formula is C14H14BrClN2S. The molecular weight excluding hydrogens is 344 g/mol. The molecule has 2 aromatic rings. The van der Waals surface area contributed by atoms with E-state index in [9.17, 15) is 0 Å². The van der Waals surface area contributed by atoms with Gasteiger partial charge in [-0.2, -0.15) is 0 Å². The summed E-state index contributed by atoms with van der Waals surface area (Å²) in [6, 6.07) is 9.84. The van der Waals surface area contributed by atoms with Crippen LogP contribution in [0.1, 0.15) is 24.7 Å². The molecule has 0 saturated heterocycles. The van der Waals surface area contributed by atoms with Gasteiger partial charge in [0.2, 0.25) is 0 Å². The van der Waals surface area contributed by atoms with Crippen LogP contribution in [-0.2, 0) is 12.2 Å². The summed E-state index contributed by atoms with van der Waals surface area (Å²) in [4.78, 5) is 8.91. The molecule has 0 aliphatic carbocycles. The molecule has 100 valence electrons. The van der Waals surface area contributed by atoms with Crippen LogP contribution in [0.5, 0.6) is 0 Å². The first-order valence-electron chi connectivity index (χ1n) is 6.08. The quantitative estimate of drug-likeness (QED) is 0.547. The molecule has 0 aliphatic heterocycles. The van der Waals surface area contributed by atoms with Crippen molar-refractivity contribution in [2.45, 2.75) is 30.5 Å². The maximum absolute atomic E-state index is 6.15. The molecule has 0 N–H and O–H groups in total. The van der Waals surface area contributed by atoms with Gasteiger partial charge in [-0.25, -0.2) is 9.97 Å². The first-order valence-corrected chi connectivity index (χ1v) is 8.24. The Kier molecular flexibility index (Phi) is 5.67. The fourth-order valence-corrected chi connectivity index (χ4v) is 3.39. The number of rotatable bonds is 5. The Bertz CT molecular complexity index is 563. The van der Waals surface area contributed by atoms with Crippen molar-refractivity contribution in [2.75, 3.05) is 0 Å². The van der Waals surface area contributed by atoms with Crippen LogP contribution in [-0.4, -0.2) is 9.97 Å². The Morgan fingerprint density at radius 2 is 2.05 bits per heavy atom. The molecule has 1 aromatic heterocycles. The summed E-state index contributed by atoms with van der Waals surface area (Å²) in [7, 11) is 0. The maximum atomic E-state index is 6.15. The smallest absolute Gasteiger partial charge is 0.130 e. The Balaban J connectivity index is 2.09. The van der Waals surface area contributed by atoms with Crippen LogP contribution >= 0.6 is 39.3 Å². The summed E-state index contributed by atoms with van der Waals surface area (Å²) in [6.07, 6.45) is 1.95. The molecule has 2 rings (SSSR count). The molecule has 0 unspecified atom stereocenters. The number of halogens is 2. The minimum absolute atomic E-state index is 0.803. The van der Waals surface area contributed by atoms with Crippen LogP contribution in [0.2, 0.25) is 5.02 Å². The average Bonchev–Trinajstić information content (AvgIpc) is 2.37. The standard InChI is InChI=1S/C14H14BrClN2S/c1-2-5-13-17-12(15)8-14(18-13)19-9-10-6-3-4-7-11(10)16/h3-4,6-8H,2,5,9H2,1H3. The van der Waals surface area contributed by atoms with Crippen LogP contribution in [0.4, 0.5) is 0 Å². The first-order chi connectivity index (χ1) is 9.19. The highest BCUT2D eigenvalue weighted by molar-refractivity contribution is 9.10. The van der Waals surface area contributed by atoms with Gasteiger partial charge in [-0.05, 0) is 34.0 Å². The molecule has 0 aliphatic rings. The van der Waals surface area contributed by atoms with Gasteiger partial charge in [0.1, 0.15) is 15.5 Å². The Morgan fingerprint density at radius 1 is 1.26 bits per heavy atom. The van der Waals surface area contributed by atoms with Crippen molar-refractivity contribution >= 4 is 39.3 Å². The minimum Gasteiger partial charge on any atom is -0.227 e. The van der Waals surface area contributed by atoms with Gasteiger partial charge in [-0.1, -0.05) is 36.7 Å². The van der Waals surface area contributed by atoms with Crippen molar-refractivity contribution in [3.8, 4) is 0 Å². The third-order valence-corrected chi connectivity index (χ3v) is 4.26. The summed E-state index contributed by atoms with van der Waals surface area (Å²) in [5, 5.41) is 1.78. The van der Waals surface area contributed by atoms with Gasteiger partial charge in [0.25, 0.3) is 0 Å². The van der Waals surface area contributed by atoms with E-state index in [0.29, 0.717) is 0 Å². The molecule has 1 heterocycles. The topological polar surface area (TPSA) is 25.8 Å². The fourth-order valence-electron chi connectivity index (χ4n) is 1.62. The van der Waals surface area contributed by atoms with E-state index in [1.807, 2.05) is 30.3 Å². The normalized spacial score (nSPS) is 10.7. The van der Waals surface area contributed by atoms with E-state index in [1.54, 1.807) is 11.8 Å². The van der Waals surface area contributed by atoms with Crippen molar-refractivity contribution in [1.29, 1.82) is 0 Å². The van der Waals surface area contributed by atoms with E-state index < -0.39 is 0 Å². The highest BCUT2D eigenvalue weighted by atomic mass is 79.9. The third kappa shape index (κ3) is 4.48. The molecule has 0 saturated carbocycles. The van der Waals surface area contributed by atoms with Crippen LogP contribution in [0, 0.1) is 0 Å². The molecule has 19 heavy (non-hydrogen) atoms. The molecule has 5 heteroatoms.